The van der Waals surface area contributed by atoms with E-state index >= 15 is 0 Å². The molecule has 2 aromatic carbocycles. The zero-order valence-electron chi connectivity index (χ0n) is 13.2. The van der Waals surface area contributed by atoms with Gasteiger partial charge in [-0.05, 0) is 57.9 Å². The van der Waals surface area contributed by atoms with Crippen molar-refractivity contribution >= 4 is 74.8 Å². The molecule has 0 saturated heterocycles. The lowest BCUT2D eigenvalue weighted by Crippen LogP contribution is -2.18. The predicted molar refractivity (Wildman–Crippen MR) is 105 cm³/mol. The number of aromatic nitrogens is 6. The van der Waals surface area contributed by atoms with E-state index in [1.54, 1.807) is 0 Å². The van der Waals surface area contributed by atoms with Crippen molar-refractivity contribution in [3.05, 3.63) is 63.6 Å². The largest absolute Gasteiger partial charge is 0.246 e. The van der Waals surface area contributed by atoms with Gasteiger partial charge in [-0.2, -0.15) is 29.9 Å². The van der Waals surface area contributed by atoms with Crippen LogP contribution in [0.4, 0.5) is 17.6 Å². The first-order valence-corrected chi connectivity index (χ1v) is 8.94. The predicted octanol–water partition coefficient (Wildman–Crippen LogP) is 5.29. The molecule has 0 aliphatic heterocycles. The Morgan fingerprint density at radius 2 is 1.04 bits per heavy atom. The maximum atomic E-state index is 5.97. The van der Waals surface area contributed by atoms with Crippen LogP contribution < -0.4 is 4.90 Å². The van der Waals surface area contributed by atoms with E-state index in [1.165, 1.54) is 4.90 Å². The molecule has 0 atom stereocenters. The summed E-state index contributed by atoms with van der Waals surface area (Å²) >= 11 is 23.9. The maximum absolute atomic E-state index is 5.97. The second-order valence-electron chi connectivity index (χ2n) is 5.18. The van der Waals surface area contributed by atoms with E-state index in [9.17, 15) is 0 Å². The van der Waals surface area contributed by atoms with Gasteiger partial charge in [-0.1, -0.05) is 36.4 Å². The van der Waals surface area contributed by atoms with Crippen LogP contribution >= 0.6 is 46.4 Å². The summed E-state index contributed by atoms with van der Waals surface area (Å²) in [5, 5.41) is 1.55. The Kier molecular flexibility index (Phi) is 4.92. The molecule has 11 heteroatoms. The molecular formula is C16H7Cl4N7. The Hall–Kier alpha value is -2.32. The fraction of sp³-hybridized carbons (Fsp3) is 0. The van der Waals surface area contributed by atoms with Gasteiger partial charge in [-0.3, -0.25) is 0 Å². The average molecular weight is 439 g/mol. The van der Waals surface area contributed by atoms with Gasteiger partial charge in [0.15, 0.2) is 0 Å². The average Bonchev–Trinajstić information content (AvgIpc) is 2.60. The van der Waals surface area contributed by atoms with Gasteiger partial charge < -0.3 is 0 Å². The normalized spacial score (nSPS) is 11.0. The molecule has 0 radical (unpaired) electrons. The lowest BCUT2D eigenvalue weighted by atomic mass is 10.1. The summed E-state index contributed by atoms with van der Waals surface area (Å²) < 4.78 is 0. The second-order valence-corrected chi connectivity index (χ2v) is 6.53. The summed E-state index contributed by atoms with van der Waals surface area (Å²) in [6.45, 7) is 0. The van der Waals surface area contributed by atoms with Crippen molar-refractivity contribution in [2.75, 3.05) is 4.90 Å². The highest BCUT2D eigenvalue weighted by molar-refractivity contribution is 6.31. The van der Waals surface area contributed by atoms with Crippen LogP contribution in [0.3, 0.4) is 0 Å². The van der Waals surface area contributed by atoms with E-state index in [-0.39, 0.29) is 33.0 Å². The number of nitrogens with zero attached hydrogens (tertiary/aromatic N) is 7. The van der Waals surface area contributed by atoms with Gasteiger partial charge in [0.25, 0.3) is 0 Å². The molecular weight excluding hydrogens is 432 g/mol. The SMILES string of the molecule is Clc1nc(Cl)nc(N(c2nc(Cl)nc(Cl)n2)c2cccc3ccccc23)n1. The molecule has 134 valence electrons. The molecule has 2 aromatic heterocycles. The molecule has 0 spiro atoms. The number of hydrogen-bond acceptors (Lipinski definition) is 7. The molecule has 0 N–H and O–H groups in total. The van der Waals surface area contributed by atoms with Crippen molar-refractivity contribution in [3.8, 4) is 0 Å². The minimum absolute atomic E-state index is 0.0820. The van der Waals surface area contributed by atoms with Crippen LogP contribution in [-0.2, 0) is 0 Å². The van der Waals surface area contributed by atoms with E-state index in [4.69, 9.17) is 46.4 Å². The number of fused-ring (bicyclic) bond motifs is 1. The van der Waals surface area contributed by atoms with Gasteiger partial charge in [0.05, 0.1) is 5.69 Å². The summed E-state index contributed by atoms with van der Waals surface area (Å²) in [4.78, 5) is 25.7. The van der Waals surface area contributed by atoms with Gasteiger partial charge in [0.1, 0.15) is 0 Å². The third kappa shape index (κ3) is 3.72. The minimum Gasteiger partial charge on any atom is -0.246 e. The minimum atomic E-state index is -0.0820. The zero-order valence-corrected chi connectivity index (χ0v) is 16.2. The van der Waals surface area contributed by atoms with E-state index in [1.807, 2.05) is 42.5 Å². The molecule has 0 aliphatic rings. The molecule has 2 heterocycles. The number of anilines is 3. The van der Waals surface area contributed by atoms with E-state index < -0.39 is 0 Å². The Balaban J connectivity index is 2.03. The number of rotatable bonds is 3. The van der Waals surface area contributed by atoms with Gasteiger partial charge in [0.2, 0.25) is 33.0 Å². The van der Waals surface area contributed by atoms with Crippen molar-refractivity contribution in [2.24, 2.45) is 0 Å². The molecule has 0 bridgehead atoms. The van der Waals surface area contributed by atoms with Crippen molar-refractivity contribution in [3.63, 3.8) is 0 Å². The number of benzene rings is 2. The Labute approximate surface area is 173 Å². The summed E-state index contributed by atoms with van der Waals surface area (Å²) in [6, 6.07) is 13.4. The fourth-order valence-corrected chi connectivity index (χ4v) is 3.25. The van der Waals surface area contributed by atoms with Crippen LogP contribution in [0.25, 0.3) is 10.8 Å². The van der Waals surface area contributed by atoms with Crippen LogP contribution in [-0.4, -0.2) is 29.9 Å². The first-order chi connectivity index (χ1) is 13.0. The highest BCUT2D eigenvalue weighted by atomic mass is 35.5. The molecule has 4 aromatic rings. The van der Waals surface area contributed by atoms with Crippen molar-refractivity contribution in [1.29, 1.82) is 0 Å². The quantitative estimate of drug-likeness (QED) is 0.429. The first-order valence-electron chi connectivity index (χ1n) is 7.43. The standard InChI is InChI=1S/C16H7Cl4N7/c17-11-21-12(18)24-15(23-11)27(16-25-13(19)22-14(20)26-16)10-7-3-5-8-4-1-2-6-9(8)10/h1-7H. The first kappa shape index (κ1) is 18.1. The van der Waals surface area contributed by atoms with Gasteiger partial charge >= 0.3 is 0 Å². The van der Waals surface area contributed by atoms with Crippen molar-refractivity contribution in [2.45, 2.75) is 0 Å². The summed E-state index contributed by atoms with van der Waals surface area (Å²) in [6.07, 6.45) is 0. The zero-order chi connectivity index (χ0) is 19.0. The highest BCUT2D eigenvalue weighted by Crippen LogP contribution is 2.36. The topological polar surface area (TPSA) is 80.6 Å². The van der Waals surface area contributed by atoms with Crippen LogP contribution in [0.1, 0.15) is 0 Å². The lowest BCUT2D eigenvalue weighted by molar-refractivity contribution is 0.952. The Bertz CT molecular complexity index is 1060. The van der Waals surface area contributed by atoms with Crippen molar-refractivity contribution < 1.29 is 0 Å². The smallest absolute Gasteiger partial charge is 0.242 e. The maximum Gasteiger partial charge on any atom is 0.242 e. The van der Waals surface area contributed by atoms with Gasteiger partial charge in [-0.15, -0.1) is 0 Å². The lowest BCUT2D eigenvalue weighted by Gasteiger charge is -2.22. The van der Waals surface area contributed by atoms with E-state index in [0.29, 0.717) is 5.69 Å². The molecule has 4 rings (SSSR count). The van der Waals surface area contributed by atoms with Gasteiger partial charge in [-0.25, -0.2) is 4.90 Å². The monoisotopic (exact) mass is 437 g/mol. The van der Waals surface area contributed by atoms with Crippen LogP contribution in [0.2, 0.25) is 21.1 Å². The summed E-state index contributed by atoms with van der Waals surface area (Å²) in [5.74, 6) is 0.212. The molecule has 0 fully saturated rings. The fourth-order valence-electron chi connectivity index (χ4n) is 2.54. The number of halogens is 4. The summed E-state index contributed by atoms with van der Waals surface area (Å²) in [5.41, 5.74) is 0.671. The van der Waals surface area contributed by atoms with Crippen LogP contribution in [0.15, 0.2) is 42.5 Å². The highest BCUT2D eigenvalue weighted by Gasteiger charge is 2.23. The van der Waals surface area contributed by atoms with Gasteiger partial charge in [0, 0.05) is 5.39 Å². The Morgan fingerprint density at radius 1 is 0.556 bits per heavy atom. The van der Waals surface area contributed by atoms with E-state index in [0.717, 1.165) is 10.8 Å². The van der Waals surface area contributed by atoms with Crippen LogP contribution in [0.5, 0.6) is 0 Å². The second kappa shape index (κ2) is 7.36. The third-order valence-corrected chi connectivity index (χ3v) is 4.22. The Morgan fingerprint density at radius 3 is 1.59 bits per heavy atom. The third-order valence-electron chi connectivity index (χ3n) is 3.55. The van der Waals surface area contributed by atoms with Crippen molar-refractivity contribution in [1.82, 2.24) is 29.9 Å². The molecule has 0 amide bonds. The molecule has 27 heavy (non-hydrogen) atoms. The van der Waals surface area contributed by atoms with Crippen LogP contribution in [0, 0.1) is 0 Å². The molecule has 7 nitrogen and oxygen atoms in total. The number of hydrogen-bond donors (Lipinski definition) is 0. The molecule has 0 saturated carbocycles. The molecule has 0 aliphatic carbocycles. The summed E-state index contributed by atoms with van der Waals surface area (Å²) in [7, 11) is 0. The van der Waals surface area contributed by atoms with E-state index in [2.05, 4.69) is 29.9 Å². The molecule has 0 unspecified atom stereocenters.